The van der Waals surface area contributed by atoms with Gasteiger partial charge in [0, 0.05) is 55.9 Å². The number of carbonyl (C=O) groups is 2. The summed E-state index contributed by atoms with van der Waals surface area (Å²) < 4.78 is 1.16. The van der Waals surface area contributed by atoms with Crippen LogP contribution < -0.4 is 10.6 Å². The number of carbonyl (C=O) groups excluding carboxylic acids is 2. The van der Waals surface area contributed by atoms with Crippen molar-refractivity contribution in [2.45, 2.75) is 6.54 Å². The van der Waals surface area contributed by atoms with Crippen molar-refractivity contribution in [3.8, 4) is 0 Å². The number of hydrogen-bond acceptors (Lipinski definition) is 5. The average molecular weight is 451 g/mol. The van der Waals surface area contributed by atoms with Crippen LogP contribution in [0.15, 0.2) is 40.2 Å². The van der Waals surface area contributed by atoms with Crippen molar-refractivity contribution in [1.29, 1.82) is 0 Å². The number of nitrogens with zero attached hydrogens (tertiary/aromatic N) is 2. The van der Waals surface area contributed by atoms with E-state index in [4.69, 9.17) is 0 Å². The minimum atomic E-state index is -0.138. The molecule has 0 spiro atoms. The van der Waals surface area contributed by atoms with Crippen LogP contribution in [-0.2, 0) is 11.3 Å². The smallest absolute Gasteiger partial charge is 0.251 e. The Morgan fingerprint density at radius 1 is 1.04 bits per heavy atom. The van der Waals surface area contributed by atoms with Crippen LogP contribution in [0.25, 0.3) is 0 Å². The molecule has 1 aliphatic heterocycles. The molecule has 144 valence electrons. The van der Waals surface area contributed by atoms with Crippen LogP contribution in [0.3, 0.4) is 0 Å². The van der Waals surface area contributed by atoms with Gasteiger partial charge in [0.15, 0.2) is 0 Å². The summed E-state index contributed by atoms with van der Waals surface area (Å²) in [6.07, 6.45) is 0. The summed E-state index contributed by atoms with van der Waals surface area (Å²) in [7, 11) is 1.59. The largest absolute Gasteiger partial charge is 0.355 e. The van der Waals surface area contributed by atoms with E-state index in [1.807, 2.05) is 0 Å². The number of hydrogen-bond donors (Lipinski definition) is 2. The van der Waals surface area contributed by atoms with E-state index in [-0.39, 0.29) is 11.8 Å². The summed E-state index contributed by atoms with van der Waals surface area (Å²) in [5.41, 5.74) is 1.28. The van der Waals surface area contributed by atoms with Gasteiger partial charge >= 0.3 is 0 Å². The molecule has 0 bridgehead atoms. The maximum absolute atomic E-state index is 12.3. The molecule has 2 aromatic rings. The monoisotopic (exact) mass is 450 g/mol. The van der Waals surface area contributed by atoms with E-state index >= 15 is 0 Å². The van der Waals surface area contributed by atoms with E-state index < -0.39 is 0 Å². The lowest BCUT2D eigenvalue weighted by Crippen LogP contribution is -2.48. The van der Waals surface area contributed by atoms with Gasteiger partial charge in [-0.05, 0) is 52.3 Å². The average Bonchev–Trinajstić information content (AvgIpc) is 3.08. The number of anilines is 1. The van der Waals surface area contributed by atoms with E-state index in [0.717, 1.165) is 36.5 Å². The minimum absolute atomic E-state index is 0.0293. The van der Waals surface area contributed by atoms with Crippen molar-refractivity contribution < 1.29 is 9.59 Å². The molecule has 1 aliphatic rings. The second-order valence-corrected chi connectivity index (χ2v) is 9.01. The summed E-state index contributed by atoms with van der Waals surface area (Å²) in [6, 6.07) is 11.2. The fourth-order valence-corrected chi connectivity index (χ4v) is 4.54. The van der Waals surface area contributed by atoms with Crippen molar-refractivity contribution in [2.75, 3.05) is 45.1 Å². The molecule has 1 fully saturated rings. The number of nitrogens with one attached hydrogen (secondary N) is 2. The maximum atomic E-state index is 12.3. The van der Waals surface area contributed by atoms with Gasteiger partial charge in [-0.15, -0.1) is 11.3 Å². The standard InChI is InChI=1S/C19H23BrN4O2S/c1-21-19(26)14-2-4-15(5-3-14)22-18(25)13-24-10-8-23(9-11-24)12-16-6-7-17(20)27-16/h2-7H,8-13H2,1H3,(H,21,26)(H,22,25). The molecule has 1 saturated heterocycles. The molecule has 0 atom stereocenters. The number of amides is 2. The molecular formula is C19H23BrN4O2S. The Bertz CT molecular complexity index is 785. The number of benzene rings is 1. The van der Waals surface area contributed by atoms with Crippen molar-refractivity contribution in [3.63, 3.8) is 0 Å². The van der Waals surface area contributed by atoms with Crippen LogP contribution in [0.2, 0.25) is 0 Å². The van der Waals surface area contributed by atoms with Crippen LogP contribution in [0.4, 0.5) is 5.69 Å². The summed E-state index contributed by atoms with van der Waals surface area (Å²) in [5.74, 6) is -0.168. The third-order valence-corrected chi connectivity index (χ3v) is 6.11. The zero-order chi connectivity index (χ0) is 19.2. The fourth-order valence-electron chi connectivity index (χ4n) is 3.02. The molecule has 27 heavy (non-hydrogen) atoms. The second-order valence-electron chi connectivity index (χ2n) is 6.46. The first-order valence-electron chi connectivity index (χ1n) is 8.84. The number of halogens is 1. The first-order valence-corrected chi connectivity index (χ1v) is 10.5. The van der Waals surface area contributed by atoms with E-state index in [2.05, 4.69) is 48.5 Å². The van der Waals surface area contributed by atoms with Gasteiger partial charge in [-0.25, -0.2) is 0 Å². The Morgan fingerprint density at radius 2 is 1.70 bits per heavy atom. The van der Waals surface area contributed by atoms with Crippen molar-refractivity contribution in [3.05, 3.63) is 50.6 Å². The molecule has 2 amide bonds. The number of rotatable bonds is 6. The van der Waals surface area contributed by atoms with Gasteiger partial charge in [0.1, 0.15) is 0 Å². The Labute approximate surface area is 171 Å². The van der Waals surface area contributed by atoms with Crippen LogP contribution >= 0.6 is 27.3 Å². The zero-order valence-electron chi connectivity index (χ0n) is 15.2. The predicted octanol–water partition coefficient (Wildman–Crippen LogP) is 2.63. The second kappa shape index (κ2) is 9.45. The summed E-state index contributed by atoms with van der Waals surface area (Å²) >= 11 is 5.27. The topological polar surface area (TPSA) is 64.7 Å². The minimum Gasteiger partial charge on any atom is -0.355 e. The highest BCUT2D eigenvalue weighted by molar-refractivity contribution is 9.11. The van der Waals surface area contributed by atoms with E-state index in [1.54, 1.807) is 42.6 Å². The molecule has 1 aromatic carbocycles. The van der Waals surface area contributed by atoms with E-state index in [0.29, 0.717) is 17.8 Å². The van der Waals surface area contributed by atoms with Gasteiger partial charge in [-0.2, -0.15) is 0 Å². The lowest BCUT2D eigenvalue weighted by atomic mass is 10.2. The summed E-state index contributed by atoms with van der Waals surface area (Å²) in [5, 5.41) is 5.47. The molecule has 3 rings (SSSR count). The van der Waals surface area contributed by atoms with Gasteiger partial charge in [0.2, 0.25) is 5.91 Å². The Morgan fingerprint density at radius 3 is 2.30 bits per heavy atom. The highest BCUT2D eigenvalue weighted by Crippen LogP contribution is 2.23. The lowest BCUT2D eigenvalue weighted by molar-refractivity contribution is -0.117. The molecule has 8 heteroatoms. The van der Waals surface area contributed by atoms with Crippen molar-refractivity contribution in [1.82, 2.24) is 15.1 Å². The van der Waals surface area contributed by atoms with Crippen LogP contribution in [-0.4, -0.2) is 61.4 Å². The first kappa shape index (κ1) is 20.0. The SMILES string of the molecule is CNC(=O)c1ccc(NC(=O)CN2CCN(Cc3ccc(Br)s3)CC2)cc1. The third-order valence-electron chi connectivity index (χ3n) is 4.50. The molecule has 0 unspecified atom stereocenters. The quantitative estimate of drug-likeness (QED) is 0.709. The fraction of sp³-hybridized carbons (Fsp3) is 0.368. The molecule has 0 saturated carbocycles. The summed E-state index contributed by atoms with van der Waals surface area (Å²) in [6.45, 7) is 5.04. The Hall–Kier alpha value is -1.74. The summed E-state index contributed by atoms with van der Waals surface area (Å²) in [4.78, 5) is 29.8. The van der Waals surface area contributed by atoms with Gasteiger partial charge in [0.25, 0.3) is 5.91 Å². The zero-order valence-corrected chi connectivity index (χ0v) is 17.6. The normalized spacial score (nSPS) is 15.5. The lowest BCUT2D eigenvalue weighted by Gasteiger charge is -2.34. The molecule has 1 aromatic heterocycles. The maximum Gasteiger partial charge on any atom is 0.251 e. The van der Waals surface area contributed by atoms with Crippen LogP contribution in [0.5, 0.6) is 0 Å². The predicted molar refractivity (Wildman–Crippen MR) is 112 cm³/mol. The van der Waals surface area contributed by atoms with Gasteiger partial charge in [-0.1, -0.05) is 0 Å². The Kier molecular flexibility index (Phi) is 7.01. The molecule has 6 nitrogen and oxygen atoms in total. The highest BCUT2D eigenvalue weighted by Gasteiger charge is 2.19. The van der Waals surface area contributed by atoms with Gasteiger partial charge in [0.05, 0.1) is 10.3 Å². The number of piperazine rings is 1. The third kappa shape index (κ3) is 5.87. The first-order chi connectivity index (χ1) is 13.0. The molecule has 0 radical (unpaired) electrons. The highest BCUT2D eigenvalue weighted by atomic mass is 79.9. The van der Waals surface area contributed by atoms with Gasteiger partial charge in [-0.3, -0.25) is 19.4 Å². The Balaban J connectivity index is 1.42. The number of thiophene rings is 1. The molecule has 2 N–H and O–H groups in total. The van der Waals surface area contributed by atoms with Crippen LogP contribution in [0, 0.1) is 0 Å². The molecule has 0 aliphatic carbocycles. The van der Waals surface area contributed by atoms with Crippen LogP contribution in [0.1, 0.15) is 15.2 Å². The van der Waals surface area contributed by atoms with E-state index in [1.165, 1.54) is 4.88 Å². The van der Waals surface area contributed by atoms with E-state index in [9.17, 15) is 9.59 Å². The van der Waals surface area contributed by atoms with Crippen molar-refractivity contribution in [2.24, 2.45) is 0 Å². The molecular weight excluding hydrogens is 428 g/mol. The molecule has 2 heterocycles. The van der Waals surface area contributed by atoms with Gasteiger partial charge < -0.3 is 10.6 Å². The van der Waals surface area contributed by atoms with Crippen molar-refractivity contribution >= 4 is 44.8 Å².